The molecule has 124 valence electrons. The molecular formula is C15H20N4O3S. The van der Waals surface area contributed by atoms with E-state index in [1.807, 2.05) is 13.8 Å². The highest BCUT2D eigenvalue weighted by Gasteiger charge is 2.17. The summed E-state index contributed by atoms with van der Waals surface area (Å²) in [5.41, 5.74) is 1.92. The first-order valence-corrected chi connectivity index (χ1v) is 8.17. The Bertz CT molecular complexity index is 813. The Morgan fingerprint density at radius 2 is 2.04 bits per heavy atom. The Hall–Kier alpha value is -2.22. The van der Waals surface area contributed by atoms with Crippen molar-refractivity contribution in [1.29, 1.82) is 0 Å². The molecule has 0 aliphatic carbocycles. The van der Waals surface area contributed by atoms with Crippen LogP contribution < -0.4 is 4.80 Å². The lowest BCUT2D eigenvalue weighted by atomic mass is 10.3. The summed E-state index contributed by atoms with van der Waals surface area (Å²) in [5, 5.41) is 4.22. The molecule has 0 aliphatic rings. The molecular weight excluding hydrogens is 316 g/mol. The van der Waals surface area contributed by atoms with Crippen molar-refractivity contribution in [3.8, 4) is 0 Å². The van der Waals surface area contributed by atoms with E-state index < -0.39 is 11.9 Å². The molecule has 2 aromatic rings. The second-order valence-corrected chi connectivity index (χ2v) is 5.96. The number of ether oxygens (including phenoxy) is 1. The van der Waals surface area contributed by atoms with Crippen LogP contribution in [0.3, 0.4) is 0 Å². The van der Waals surface area contributed by atoms with Crippen LogP contribution in [-0.2, 0) is 18.3 Å². The summed E-state index contributed by atoms with van der Waals surface area (Å²) in [7, 11) is 1.76. The molecule has 0 fully saturated rings. The number of nitrogens with zero attached hydrogens (tertiary/aromatic N) is 4. The van der Waals surface area contributed by atoms with Crippen molar-refractivity contribution in [2.45, 2.75) is 34.2 Å². The van der Waals surface area contributed by atoms with Gasteiger partial charge in [-0.25, -0.2) is 4.79 Å². The Labute approximate surface area is 138 Å². The van der Waals surface area contributed by atoms with Crippen LogP contribution in [0, 0.1) is 13.8 Å². The molecule has 1 amide bonds. The molecule has 8 heteroatoms. The molecule has 0 saturated carbocycles. The molecule has 0 atom stereocenters. The van der Waals surface area contributed by atoms with Crippen LogP contribution in [0.4, 0.5) is 0 Å². The average molecular weight is 336 g/mol. The highest BCUT2D eigenvalue weighted by Crippen LogP contribution is 2.13. The average Bonchev–Trinajstić information content (AvgIpc) is 3.02. The Balaban J connectivity index is 2.40. The Morgan fingerprint density at radius 1 is 1.35 bits per heavy atom. The molecule has 2 rings (SSSR count). The fraction of sp³-hybridized carbons (Fsp3) is 0.467. The van der Waals surface area contributed by atoms with Crippen molar-refractivity contribution in [2.75, 3.05) is 6.61 Å². The van der Waals surface area contributed by atoms with Crippen molar-refractivity contribution < 1.29 is 14.3 Å². The predicted molar refractivity (Wildman–Crippen MR) is 86.5 cm³/mol. The lowest BCUT2D eigenvalue weighted by Crippen LogP contribution is -2.15. The van der Waals surface area contributed by atoms with E-state index in [0.717, 1.165) is 22.7 Å². The SMILES string of the molecule is CCOC(=O)c1sc(=NC(=O)c2cc(C)n(CC)n2)n(C)c1C. The molecule has 0 spiro atoms. The second-order valence-electron chi connectivity index (χ2n) is 4.98. The molecule has 0 saturated heterocycles. The number of carbonyl (C=O) groups excluding carboxylic acids is 2. The van der Waals surface area contributed by atoms with Gasteiger partial charge in [-0.2, -0.15) is 10.1 Å². The summed E-state index contributed by atoms with van der Waals surface area (Å²) in [6.07, 6.45) is 0. The second kappa shape index (κ2) is 6.91. The van der Waals surface area contributed by atoms with Gasteiger partial charge in [0.15, 0.2) is 10.5 Å². The summed E-state index contributed by atoms with van der Waals surface area (Å²) in [6, 6.07) is 1.71. The first-order chi connectivity index (χ1) is 10.9. The summed E-state index contributed by atoms with van der Waals surface area (Å²) in [4.78, 5) is 29.2. The third-order valence-corrected chi connectivity index (χ3v) is 4.68. The van der Waals surface area contributed by atoms with Crippen LogP contribution >= 0.6 is 11.3 Å². The van der Waals surface area contributed by atoms with Crippen molar-refractivity contribution >= 4 is 23.2 Å². The summed E-state index contributed by atoms with van der Waals surface area (Å²) in [5.74, 6) is -0.821. The van der Waals surface area contributed by atoms with Gasteiger partial charge in [-0.05, 0) is 33.8 Å². The fourth-order valence-corrected chi connectivity index (χ4v) is 3.10. The quantitative estimate of drug-likeness (QED) is 0.798. The third kappa shape index (κ3) is 3.42. The number of hydrogen-bond donors (Lipinski definition) is 0. The van der Waals surface area contributed by atoms with E-state index in [1.54, 1.807) is 36.2 Å². The number of amides is 1. The summed E-state index contributed by atoms with van der Waals surface area (Å²) >= 11 is 1.14. The van der Waals surface area contributed by atoms with Crippen molar-refractivity contribution in [2.24, 2.45) is 12.0 Å². The first-order valence-electron chi connectivity index (χ1n) is 7.36. The van der Waals surface area contributed by atoms with Crippen molar-refractivity contribution in [3.05, 3.63) is 32.8 Å². The van der Waals surface area contributed by atoms with E-state index in [0.29, 0.717) is 28.5 Å². The maximum atomic E-state index is 12.3. The van der Waals surface area contributed by atoms with Gasteiger partial charge in [-0.1, -0.05) is 11.3 Å². The zero-order valence-corrected chi connectivity index (χ0v) is 14.7. The standard InChI is InChI=1S/C15H20N4O3S/c1-6-19-9(3)8-11(17-19)13(20)16-15-18(5)10(4)12(23-15)14(21)22-7-2/h8H,6-7H2,1-5H3. The minimum Gasteiger partial charge on any atom is -0.462 e. The summed E-state index contributed by atoms with van der Waals surface area (Å²) in [6.45, 7) is 8.39. The molecule has 0 aromatic carbocycles. The van der Waals surface area contributed by atoms with Gasteiger partial charge in [-0.15, -0.1) is 0 Å². The fourth-order valence-electron chi connectivity index (χ4n) is 2.09. The van der Waals surface area contributed by atoms with Gasteiger partial charge in [0.2, 0.25) is 0 Å². The van der Waals surface area contributed by atoms with Crippen LogP contribution in [0.5, 0.6) is 0 Å². The van der Waals surface area contributed by atoms with Gasteiger partial charge in [0.1, 0.15) is 4.88 Å². The molecule has 2 heterocycles. The van der Waals surface area contributed by atoms with Gasteiger partial charge < -0.3 is 9.30 Å². The number of thiazole rings is 1. The molecule has 0 aliphatic heterocycles. The van der Waals surface area contributed by atoms with E-state index in [1.165, 1.54) is 0 Å². The molecule has 0 bridgehead atoms. The highest BCUT2D eigenvalue weighted by molar-refractivity contribution is 7.11. The van der Waals surface area contributed by atoms with Crippen molar-refractivity contribution in [3.63, 3.8) is 0 Å². The lowest BCUT2D eigenvalue weighted by Gasteiger charge is -2.00. The van der Waals surface area contributed by atoms with E-state index >= 15 is 0 Å². The molecule has 23 heavy (non-hydrogen) atoms. The number of aryl methyl sites for hydroxylation is 2. The largest absolute Gasteiger partial charge is 0.462 e. The molecule has 2 aromatic heterocycles. The number of esters is 1. The van der Waals surface area contributed by atoms with Gasteiger partial charge in [0, 0.05) is 25.0 Å². The molecule has 7 nitrogen and oxygen atoms in total. The molecule has 0 unspecified atom stereocenters. The van der Waals surface area contributed by atoms with Gasteiger partial charge in [0.25, 0.3) is 5.91 Å². The number of rotatable bonds is 4. The van der Waals surface area contributed by atoms with E-state index in [9.17, 15) is 9.59 Å². The van der Waals surface area contributed by atoms with Crippen LogP contribution in [0.25, 0.3) is 0 Å². The monoisotopic (exact) mass is 336 g/mol. The smallest absolute Gasteiger partial charge is 0.350 e. The van der Waals surface area contributed by atoms with Crippen LogP contribution in [-0.4, -0.2) is 32.8 Å². The van der Waals surface area contributed by atoms with E-state index in [-0.39, 0.29) is 0 Å². The third-order valence-electron chi connectivity index (χ3n) is 3.47. The predicted octanol–water partition coefficient (Wildman–Crippen LogP) is 1.84. The van der Waals surface area contributed by atoms with Gasteiger partial charge >= 0.3 is 5.97 Å². The minimum absolute atomic E-state index is 0.299. The maximum absolute atomic E-state index is 12.3. The van der Waals surface area contributed by atoms with Gasteiger partial charge in [0.05, 0.1) is 6.61 Å². The van der Waals surface area contributed by atoms with E-state index in [2.05, 4.69) is 10.1 Å². The van der Waals surface area contributed by atoms with Gasteiger partial charge in [-0.3, -0.25) is 9.48 Å². The minimum atomic E-state index is -0.424. The number of carbonyl (C=O) groups is 2. The Kier molecular flexibility index (Phi) is 5.15. The molecule has 0 N–H and O–H groups in total. The zero-order chi connectivity index (χ0) is 17.1. The molecule has 0 radical (unpaired) electrons. The number of aromatic nitrogens is 3. The van der Waals surface area contributed by atoms with Crippen LogP contribution in [0.1, 0.15) is 45.4 Å². The topological polar surface area (TPSA) is 78.5 Å². The normalized spacial score (nSPS) is 11.8. The number of hydrogen-bond acceptors (Lipinski definition) is 5. The van der Waals surface area contributed by atoms with Crippen LogP contribution in [0.15, 0.2) is 11.1 Å². The van der Waals surface area contributed by atoms with E-state index in [4.69, 9.17) is 4.74 Å². The van der Waals surface area contributed by atoms with Crippen molar-refractivity contribution in [1.82, 2.24) is 14.3 Å². The zero-order valence-electron chi connectivity index (χ0n) is 13.9. The highest BCUT2D eigenvalue weighted by atomic mass is 32.1. The lowest BCUT2D eigenvalue weighted by molar-refractivity contribution is 0.0530. The van der Waals surface area contributed by atoms with Crippen LogP contribution in [0.2, 0.25) is 0 Å². The maximum Gasteiger partial charge on any atom is 0.350 e. The Morgan fingerprint density at radius 3 is 2.61 bits per heavy atom. The summed E-state index contributed by atoms with van der Waals surface area (Å²) < 4.78 is 8.47. The first kappa shape index (κ1) is 17.1.